The maximum absolute atomic E-state index is 11.2. The minimum atomic E-state index is -0.527. The molecule has 0 aliphatic heterocycles. The Labute approximate surface area is 342 Å². The van der Waals surface area contributed by atoms with Gasteiger partial charge in [0.05, 0.1) is 0 Å². The minimum absolute atomic E-state index is 0.0141. The fourth-order valence-corrected chi connectivity index (χ4v) is 5.28. The average molecular weight is 825 g/mol. The van der Waals surface area contributed by atoms with Crippen molar-refractivity contribution in [2.45, 2.75) is 39.6 Å². The molecule has 0 amide bonds. The largest absolute Gasteiger partial charge is 0.459 e. The van der Waals surface area contributed by atoms with Crippen LogP contribution in [0.1, 0.15) is 32.4 Å². The van der Waals surface area contributed by atoms with Crippen molar-refractivity contribution in [2.75, 3.05) is 0 Å². The number of carbonyl (C=O) groups is 6. The summed E-state index contributed by atoms with van der Waals surface area (Å²) in [6.45, 7) is 20.6. The molecule has 14 nitrogen and oxygen atoms in total. The van der Waals surface area contributed by atoms with Gasteiger partial charge >= 0.3 is 35.8 Å². The van der Waals surface area contributed by atoms with E-state index in [0.717, 1.165) is 79.3 Å². The number of furan rings is 2. The van der Waals surface area contributed by atoms with E-state index in [2.05, 4.69) is 39.5 Å². The van der Waals surface area contributed by atoms with Crippen molar-refractivity contribution in [3.63, 3.8) is 0 Å². The zero-order chi connectivity index (χ0) is 43.2. The molecule has 0 fully saturated rings. The van der Waals surface area contributed by atoms with Crippen LogP contribution in [0, 0.1) is 0 Å². The summed E-state index contributed by atoms with van der Waals surface area (Å²) in [5, 5.41) is 1.80. The first kappa shape index (κ1) is 45.9. The fraction of sp³-hybridized carbons (Fsp3) is 0.136. The molecule has 0 spiro atoms. The van der Waals surface area contributed by atoms with Gasteiger partial charge in [0.1, 0.15) is 62.3 Å². The molecule has 59 heavy (non-hydrogen) atoms. The van der Waals surface area contributed by atoms with E-state index in [9.17, 15) is 28.8 Å². The van der Waals surface area contributed by atoms with Gasteiger partial charge in [0.25, 0.3) is 0 Å². The molecule has 0 saturated heterocycles. The summed E-state index contributed by atoms with van der Waals surface area (Å²) in [4.78, 5) is 67.4. The zero-order valence-corrected chi connectivity index (χ0v) is 32.7. The summed E-state index contributed by atoms with van der Waals surface area (Å²) in [6, 6.07) is 18.1. The minimum Gasteiger partial charge on any atom is -0.459 e. The van der Waals surface area contributed by atoms with Gasteiger partial charge in [0.2, 0.25) is 0 Å². The predicted molar refractivity (Wildman–Crippen MR) is 217 cm³/mol. The van der Waals surface area contributed by atoms with E-state index in [1.165, 1.54) is 11.3 Å². The Hall–Kier alpha value is -7.52. The highest BCUT2D eigenvalue weighted by Crippen LogP contribution is 2.30. The highest BCUT2D eigenvalue weighted by Gasteiger charge is 2.11. The molecule has 0 radical (unpaired) electrons. The maximum Gasteiger partial charge on any atom is 0.330 e. The van der Waals surface area contributed by atoms with Gasteiger partial charge in [0.15, 0.2) is 0 Å². The van der Waals surface area contributed by atoms with Crippen LogP contribution in [0.25, 0.3) is 21.9 Å². The molecule has 3 heterocycles. The van der Waals surface area contributed by atoms with Crippen molar-refractivity contribution in [1.82, 2.24) is 0 Å². The van der Waals surface area contributed by atoms with Gasteiger partial charge in [-0.3, -0.25) is 0 Å². The number of hydrogen-bond acceptors (Lipinski definition) is 15. The van der Waals surface area contributed by atoms with E-state index < -0.39 is 35.8 Å². The van der Waals surface area contributed by atoms with Crippen LogP contribution in [0.4, 0.5) is 0 Å². The lowest BCUT2D eigenvalue weighted by Gasteiger charge is -2.03. The van der Waals surface area contributed by atoms with Gasteiger partial charge in [-0.15, -0.1) is 11.3 Å². The third-order valence-electron chi connectivity index (χ3n) is 7.22. The molecule has 0 saturated carbocycles. The summed E-state index contributed by atoms with van der Waals surface area (Å²) >= 11 is 1.41. The third-order valence-corrected chi connectivity index (χ3v) is 8.25. The van der Waals surface area contributed by atoms with Crippen LogP contribution in [0.2, 0.25) is 0 Å². The summed E-state index contributed by atoms with van der Waals surface area (Å²) < 4.78 is 40.4. The zero-order valence-electron chi connectivity index (χ0n) is 31.8. The van der Waals surface area contributed by atoms with Crippen molar-refractivity contribution in [3.05, 3.63) is 169 Å². The lowest BCUT2D eigenvalue weighted by Crippen LogP contribution is -2.00. The first-order valence-electron chi connectivity index (χ1n) is 17.3. The van der Waals surface area contributed by atoms with Gasteiger partial charge < -0.3 is 37.3 Å². The molecule has 0 aliphatic rings. The molecule has 0 N–H and O–H groups in total. The number of carbonyl (C=O) groups excluding carboxylic acids is 6. The van der Waals surface area contributed by atoms with Crippen LogP contribution >= 0.6 is 11.3 Å². The van der Waals surface area contributed by atoms with Crippen LogP contribution in [0.5, 0.6) is 0 Å². The normalized spacial score (nSPS) is 9.90. The van der Waals surface area contributed by atoms with Gasteiger partial charge in [-0.25, -0.2) is 28.8 Å². The quantitative estimate of drug-likeness (QED) is 0.0470. The van der Waals surface area contributed by atoms with Crippen LogP contribution in [-0.2, 0) is 96.8 Å². The summed E-state index contributed by atoms with van der Waals surface area (Å²) in [6.07, 6.45) is 6.61. The van der Waals surface area contributed by atoms with Crippen molar-refractivity contribution in [3.8, 4) is 0 Å². The van der Waals surface area contributed by atoms with Crippen molar-refractivity contribution < 1.29 is 66.0 Å². The van der Waals surface area contributed by atoms with Gasteiger partial charge in [-0.05, 0) is 59.7 Å². The monoisotopic (exact) mass is 824 g/mol. The van der Waals surface area contributed by atoms with Gasteiger partial charge in [-0.2, -0.15) is 0 Å². The van der Waals surface area contributed by atoms with E-state index in [-0.39, 0.29) is 39.6 Å². The number of benzene rings is 2. The molecule has 5 rings (SSSR count). The number of ether oxygens (including phenoxy) is 6. The molecule has 2 aromatic carbocycles. The Morgan fingerprint density at radius 2 is 0.746 bits per heavy atom. The Balaban J connectivity index is 0.000000245. The molecular weight excluding hydrogens is 785 g/mol. The number of fused-ring (bicyclic) bond motifs is 3. The first-order chi connectivity index (χ1) is 28.4. The number of hydrogen-bond donors (Lipinski definition) is 0. The SMILES string of the molecule is C=CC(=O)OCc1ccc(COC(=O)C=C)o1.C=CC(=O)OCc1ccc(COC(=O)C=C)s1.C=CC(=O)OCc1ccc2oc3ccc(COC(=O)C=C)cc3c2c1. The van der Waals surface area contributed by atoms with Crippen LogP contribution in [0.15, 0.2) is 145 Å². The lowest BCUT2D eigenvalue weighted by molar-refractivity contribution is -0.140. The molecule has 306 valence electrons. The third kappa shape index (κ3) is 15.9. The fourth-order valence-electron chi connectivity index (χ4n) is 4.44. The lowest BCUT2D eigenvalue weighted by atomic mass is 10.1. The van der Waals surface area contributed by atoms with E-state index >= 15 is 0 Å². The molecule has 0 unspecified atom stereocenters. The number of esters is 6. The van der Waals surface area contributed by atoms with Crippen LogP contribution < -0.4 is 0 Å². The smallest absolute Gasteiger partial charge is 0.330 e. The molecular formula is C44H40O14S. The highest BCUT2D eigenvalue weighted by molar-refractivity contribution is 7.11. The van der Waals surface area contributed by atoms with Crippen molar-refractivity contribution >= 4 is 69.1 Å². The van der Waals surface area contributed by atoms with E-state index in [4.69, 9.17) is 37.3 Å². The molecule has 3 aromatic heterocycles. The Bertz CT molecular complexity index is 2100. The second-order valence-corrected chi connectivity index (χ2v) is 12.6. The topological polar surface area (TPSA) is 184 Å². The molecule has 5 aromatic rings. The summed E-state index contributed by atoms with van der Waals surface area (Å²) in [5.74, 6) is -1.99. The highest BCUT2D eigenvalue weighted by atomic mass is 32.1. The predicted octanol–water partition coefficient (Wildman–Crippen LogP) is 7.99. The van der Waals surface area contributed by atoms with Crippen LogP contribution in [-0.4, -0.2) is 35.8 Å². The Morgan fingerprint density at radius 1 is 0.424 bits per heavy atom. The average Bonchev–Trinajstić information content (AvgIpc) is 4.02. The second kappa shape index (κ2) is 24.2. The van der Waals surface area contributed by atoms with E-state index in [0.29, 0.717) is 11.5 Å². The molecule has 15 heteroatoms. The summed E-state index contributed by atoms with van der Waals surface area (Å²) in [7, 11) is 0. The summed E-state index contributed by atoms with van der Waals surface area (Å²) in [5.41, 5.74) is 3.14. The number of rotatable bonds is 18. The van der Waals surface area contributed by atoms with Crippen molar-refractivity contribution in [1.29, 1.82) is 0 Å². The van der Waals surface area contributed by atoms with E-state index in [1.807, 2.05) is 48.5 Å². The molecule has 0 aliphatic carbocycles. The van der Waals surface area contributed by atoms with Gasteiger partial charge in [0, 0.05) is 57.0 Å². The Morgan fingerprint density at radius 3 is 1.08 bits per heavy atom. The maximum atomic E-state index is 11.2. The van der Waals surface area contributed by atoms with Gasteiger partial charge in [-0.1, -0.05) is 51.6 Å². The Kier molecular flexibility index (Phi) is 18.8. The second-order valence-electron chi connectivity index (χ2n) is 11.4. The first-order valence-corrected chi connectivity index (χ1v) is 18.1. The molecule has 0 bridgehead atoms. The van der Waals surface area contributed by atoms with Crippen LogP contribution in [0.3, 0.4) is 0 Å². The molecule has 0 atom stereocenters. The standard InChI is InChI=1S/C20H16O5.C12H12O5.C12H12O4S/c1-3-19(21)23-11-13-5-7-17-15(9-13)16-10-14(6-8-18(16)25-17)12-24-20(22)4-2;2*1-3-11(13)15-7-9-5-6-10(17-9)8-16-12(14)4-2/h3-10H,1-2,11-12H2;2*3-6H,1-2,7-8H2. The van der Waals surface area contributed by atoms with E-state index in [1.54, 1.807) is 12.1 Å². The number of thiophene rings is 1. The van der Waals surface area contributed by atoms with Crippen molar-refractivity contribution in [2.24, 2.45) is 0 Å².